The van der Waals surface area contributed by atoms with E-state index in [0.29, 0.717) is 5.92 Å². The smallest absolute Gasteiger partial charge is 0.159 e. The minimum Gasteiger partial charge on any atom is -0.355 e. The summed E-state index contributed by atoms with van der Waals surface area (Å²) in [5.74, 6) is 2.11. The SMILES string of the molecule is Cn1ccnc1-c1cncc(C2CCCN(c3cnccn3)C2)n1. The molecule has 0 bridgehead atoms. The van der Waals surface area contributed by atoms with Crippen molar-refractivity contribution in [1.82, 2.24) is 29.5 Å². The third-order valence-corrected chi connectivity index (χ3v) is 4.42. The molecule has 1 fully saturated rings. The summed E-state index contributed by atoms with van der Waals surface area (Å²) in [6, 6.07) is 0. The number of anilines is 1. The first kappa shape index (κ1) is 14.7. The third kappa shape index (κ3) is 2.84. The van der Waals surface area contributed by atoms with E-state index in [1.165, 1.54) is 0 Å². The molecule has 0 spiro atoms. The van der Waals surface area contributed by atoms with Crippen molar-refractivity contribution in [2.24, 2.45) is 7.05 Å². The molecule has 1 atom stereocenters. The molecule has 0 aliphatic carbocycles. The lowest BCUT2D eigenvalue weighted by Gasteiger charge is -2.33. The molecular weight excluding hydrogens is 302 g/mol. The van der Waals surface area contributed by atoms with Gasteiger partial charge in [0.25, 0.3) is 0 Å². The number of aromatic nitrogens is 6. The Morgan fingerprint density at radius 3 is 2.79 bits per heavy atom. The molecule has 0 saturated carbocycles. The normalized spacial score (nSPS) is 17.9. The van der Waals surface area contributed by atoms with Gasteiger partial charge in [-0.25, -0.2) is 15.0 Å². The Kier molecular flexibility index (Phi) is 3.90. The van der Waals surface area contributed by atoms with Crippen molar-refractivity contribution >= 4 is 5.82 Å². The van der Waals surface area contributed by atoms with Gasteiger partial charge in [-0.15, -0.1) is 0 Å². The van der Waals surface area contributed by atoms with E-state index in [1.807, 2.05) is 30.2 Å². The lowest BCUT2D eigenvalue weighted by molar-refractivity contribution is 0.497. The maximum absolute atomic E-state index is 4.82. The van der Waals surface area contributed by atoms with E-state index >= 15 is 0 Å². The highest BCUT2D eigenvalue weighted by molar-refractivity contribution is 5.48. The fourth-order valence-electron chi connectivity index (χ4n) is 3.18. The van der Waals surface area contributed by atoms with E-state index in [4.69, 9.17) is 4.98 Å². The van der Waals surface area contributed by atoms with Crippen LogP contribution in [-0.4, -0.2) is 42.6 Å². The molecule has 122 valence electrons. The number of rotatable bonds is 3. The van der Waals surface area contributed by atoms with Gasteiger partial charge in [0.15, 0.2) is 5.82 Å². The molecule has 3 aromatic rings. The fourth-order valence-corrected chi connectivity index (χ4v) is 3.18. The first-order chi connectivity index (χ1) is 11.8. The zero-order valence-corrected chi connectivity index (χ0v) is 13.6. The van der Waals surface area contributed by atoms with Gasteiger partial charge in [0, 0.05) is 57.0 Å². The van der Waals surface area contributed by atoms with Crippen LogP contribution in [0.1, 0.15) is 24.5 Å². The Hall–Kier alpha value is -2.83. The van der Waals surface area contributed by atoms with Crippen molar-refractivity contribution in [3.8, 4) is 11.5 Å². The molecule has 0 aromatic carbocycles. The summed E-state index contributed by atoms with van der Waals surface area (Å²) in [7, 11) is 1.97. The summed E-state index contributed by atoms with van der Waals surface area (Å²) in [4.78, 5) is 24.4. The van der Waals surface area contributed by atoms with Crippen LogP contribution in [0.2, 0.25) is 0 Å². The Morgan fingerprint density at radius 1 is 1.04 bits per heavy atom. The third-order valence-electron chi connectivity index (χ3n) is 4.42. The molecule has 0 amide bonds. The Morgan fingerprint density at radius 2 is 2.00 bits per heavy atom. The Labute approximate surface area is 140 Å². The van der Waals surface area contributed by atoms with E-state index in [-0.39, 0.29) is 0 Å². The van der Waals surface area contributed by atoms with Crippen molar-refractivity contribution in [2.75, 3.05) is 18.0 Å². The second-order valence-electron chi connectivity index (χ2n) is 6.04. The summed E-state index contributed by atoms with van der Waals surface area (Å²) in [5, 5.41) is 0. The van der Waals surface area contributed by atoms with Crippen LogP contribution in [0.15, 0.2) is 43.4 Å². The van der Waals surface area contributed by atoms with Crippen LogP contribution in [0.5, 0.6) is 0 Å². The number of piperidine rings is 1. The quantitative estimate of drug-likeness (QED) is 0.735. The second-order valence-corrected chi connectivity index (χ2v) is 6.04. The minimum absolute atomic E-state index is 0.341. The topological polar surface area (TPSA) is 72.6 Å². The molecule has 24 heavy (non-hydrogen) atoms. The molecule has 0 N–H and O–H groups in total. The lowest BCUT2D eigenvalue weighted by atomic mass is 9.95. The molecule has 0 radical (unpaired) electrons. The second kappa shape index (κ2) is 6.35. The van der Waals surface area contributed by atoms with Crippen molar-refractivity contribution < 1.29 is 0 Å². The molecule has 4 rings (SSSR count). The van der Waals surface area contributed by atoms with Crippen LogP contribution in [0.4, 0.5) is 5.82 Å². The van der Waals surface area contributed by atoms with Crippen LogP contribution in [-0.2, 0) is 7.05 Å². The Balaban J connectivity index is 1.58. The largest absolute Gasteiger partial charge is 0.355 e. The molecule has 1 saturated heterocycles. The maximum Gasteiger partial charge on any atom is 0.159 e. The van der Waals surface area contributed by atoms with Crippen LogP contribution in [0.3, 0.4) is 0 Å². The van der Waals surface area contributed by atoms with Gasteiger partial charge in [0.05, 0.1) is 18.1 Å². The number of imidazole rings is 1. The summed E-state index contributed by atoms with van der Waals surface area (Å²) in [6.45, 7) is 1.89. The number of hydrogen-bond donors (Lipinski definition) is 0. The van der Waals surface area contributed by atoms with Crippen LogP contribution < -0.4 is 4.90 Å². The van der Waals surface area contributed by atoms with Crippen LogP contribution >= 0.6 is 0 Å². The zero-order valence-electron chi connectivity index (χ0n) is 13.6. The number of aryl methyl sites for hydroxylation is 1. The highest BCUT2D eigenvalue weighted by Gasteiger charge is 2.24. The summed E-state index contributed by atoms with van der Waals surface area (Å²) < 4.78 is 1.96. The van der Waals surface area contributed by atoms with E-state index in [0.717, 1.165) is 49.0 Å². The van der Waals surface area contributed by atoms with Crippen LogP contribution in [0.25, 0.3) is 11.5 Å². The van der Waals surface area contributed by atoms with Gasteiger partial charge in [-0.2, -0.15) is 0 Å². The summed E-state index contributed by atoms with van der Waals surface area (Å²) in [5.41, 5.74) is 1.83. The fraction of sp³-hybridized carbons (Fsp3) is 0.353. The molecular formula is C17H19N7. The van der Waals surface area contributed by atoms with Crippen molar-refractivity contribution in [2.45, 2.75) is 18.8 Å². The summed E-state index contributed by atoms with van der Waals surface area (Å²) >= 11 is 0. The molecule has 7 heteroatoms. The maximum atomic E-state index is 4.82. The molecule has 3 aromatic heterocycles. The number of nitrogens with zero attached hydrogens (tertiary/aromatic N) is 7. The first-order valence-electron chi connectivity index (χ1n) is 8.12. The molecule has 1 aliphatic heterocycles. The van der Waals surface area contributed by atoms with Gasteiger partial charge in [-0.05, 0) is 12.8 Å². The standard InChI is InChI=1S/C17H19N7/c1-23-8-6-21-17(23)15-10-19-9-14(22-15)13-3-2-7-24(12-13)16-11-18-4-5-20-16/h4-6,8-11,13H,2-3,7,12H2,1H3. The Bertz CT molecular complexity index is 815. The van der Waals surface area contributed by atoms with Gasteiger partial charge in [-0.3, -0.25) is 9.97 Å². The van der Waals surface area contributed by atoms with Crippen molar-refractivity contribution in [3.63, 3.8) is 0 Å². The van der Waals surface area contributed by atoms with E-state index < -0.39 is 0 Å². The monoisotopic (exact) mass is 321 g/mol. The predicted molar refractivity (Wildman–Crippen MR) is 90.5 cm³/mol. The lowest BCUT2D eigenvalue weighted by Crippen LogP contribution is -2.35. The molecule has 4 heterocycles. The predicted octanol–water partition coefficient (Wildman–Crippen LogP) is 2.05. The van der Waals surface area contributed by atoms with Gasteiger partial charge in [0.1, 0.15) is 11.5 Å². The highest BCUT2D eigenvalue weighted by atomic mass is 15.2. The van der Waals surface area contributed by atoms with Crippen molar-refractivity contribution in [1.29, 1.82) is 0 Å². The van der Waals surface area contributed by atoms with Gasteiger partial charge in [0.2, 0.25) is 0 Å². The van der Waals surface area contributed by atoms with Gasteiger partial charge in [-0.1, -0.05) is 0 Å². The van der Waals surface area contributed by atoms with Crippen LogP contribution in [0, 0.1) is 0 Å². The first-order valence-corrected chi connectivity index (χ1v) is 8.12. The van der Waals surface area contributed by atoms with Gasteiger partial charge >= 0.3 is 0 Å². The average Bonchev–Trinajstić information content (AvgIpc) is 3.09. The highest BCUT2D eigenvalue weighted by Crippen LogP contribution is 2.28. The molecule has 1 unspecified atom stereocenters. The van der Waals surface area contributed by atoms with E-state index in [9.17, 15) is 0 Å². The van der Waals surface area contributed by atoms with Crippen molar-refractivity contribution in [3.05, 3.63) is 49.1 Å². The number of hydrogen-bond acceptors (Lipinski definition) is 6. The molecule has 7 nitrogen and oxygen atoms in total. The van der Waals surface area contributed by atoms with E-state index in [2.05, 4.69) is 24.8 Å². The van der Waals surface area contributed by atoms with E-state index in [1.54, 1.807) is 24.8 Å². The summed E-state index contributed by atoms with van der Waals surface area (Å²) in [6.07, 6.45) is 14.8. The minimum atomic E-state index is 0.341. The molecule has 1 aliphatic rings. The zero-order chi connectivity index (χ0) is 16.4. The van der Waals surface area contributed by atoms with Gasteiger partial charge < -0.3 is 9.47 Å². The average molecular weight is 321 g/mol.